The van der Waals surface area contributed by atoms with E-state index in [1.54, 1.807) is 0 Å². The van der Waals surface area contributed by atoms with Crippen molar-refractivity contribution in [3.63, 3.8) is 0 Å². The van der Waals surface area contributed by atoms with Gasteiger partial charge in [-0.3, -0.25) is 4.90 Å². The van der Waals surface area contributed by atoms with Crippen LogP contribution in [0.5, 0.6) is 11.5 Å². The third kappa shape index (κ3) is 3.94. The maximum Gasteiger partial charge on any atom is 0.161 e. The first-order chi connectivity index (χ1) is 12.1. The van der Waals surface area contributed by atoms with Gasteiger partial charge in [-0.15, -0.1) is 0 Å². The summed E-state index contributed by atoms with van der Waals surface area (Å²) in [5.74, 6) is 1.72. The van der Waals surface area contributed by atoms with Gasteiger partial charge in [0.05, 0.1) is 5.60 Å². The Hall–Kier alpha value is -1.30. The largest absolute Gasteiger partial charge is 0.486 e. The molecule has 5 heteroatoms. The average Bonchev–Trinajstić information content (AvgIpc) is 3.08. The molecule has 2 fully saturated rings. The van der Waals surface area contributed by atoms with Gasteiger partial charge in [0.1, 0.15) is 13.2 Å². The van der Waals surface area contributed by atoms with Crippen molar-refractivity contribution in [1.82, 2.24) is 9.80 Å². The first-order valence-electron chi connectivity index (χ1n) is 9.68. The van der Waals surface area contributed by atoms with Gasteiger partial charge in [-0.1, -0.05) is 0 Å². The Balaban J connectivity index is 1.43. The number of aryl methyl sites for hydroxylation is 1. The smallest absolute Gasteiger partial charge is 0.161 e. The van der Waals surface area contributed by atoms with Gasteiger partial charge in [0.2, 0.25) is 0 Å². The zero-order valence-electron chi connectivity index (χ0n) is 15.3. The summed E-state index contributed by atoms with van der Waals surface area (Å²) in [6.45, 7) is 9.17. The Morgan fingerprint density at radius 1 is 1.00 bits per heavy atom. The number of rotatable bonds is 4. The summed E-state index contributed by atoms with van der Waals surface area (Å²) >= 11 is 0. The molecule has 0 unspecified atom stereocenters. The monoisotopic (exact) mass is 346 g/mol. The van der Waals surface area contributed by atoms with Crippen molar-refractivity contribution in [2.45, 2.75) is 44.8 Å². The van der Waals surface area contributed by atoms with Gasteiger partial charge in [-0.25, -0.2) is 0 Å². The van der Waals surface area contributed by atoms with Crippen LogP contribution in [0.15, 0.2) is 12.1 Å². The van der Waals surface area contributed by atoms with E-state index in [1.807, 2.05) is 0 Å². The fourth-order valence-corrected chi connectivity index (χ4v) is 4.47. The predicted molar refractivity (Wildman–Crippen MR) is 97.3 cm³/mol. The third-order valence-electron chi connectivity index (χ3n) is 5.75. The molecule has 3 aliphatic heterocycles. The van der Waals surface area contributed by atoms with Crippen molar-refractivity contribution >= 4 is 0 Å². The molecule has 0 aromatic heterocycles. The SMILES string of the molecule is Cc1cc2c(cc1CN1CCC[C@](O)(CN3CCCC3)C1)OCCO2. The van der Waals surface area contributed by atoms with Crippen LogP contribution in [0.4, 0.5) is 0 Å². The molecule has 0 bridgehead atoms. The van der Waals surface area contributed by atoms with Crippen molar-refractivity contribution in [3.05, 3.63) is 23.3 Å². The highest BCUT2D eigenvalue weighted by molar-refractivity contribution is 5.47. The van der Waals surface area contributed by atoms with Crippen molar-refractivity contribution in [3.8, 4) is 11.5 Å². The van der Waals surface area contributed by atoms with Gasteiger partial charge in [-0.05, 0) is 75.5 Å². The summed E-state index contributed by atoms with van der Waals surface area (Å²) in [6.07, 6.45) is 4.53. The van der Waals surface area contributed by atoms with Gasteiger partial charge < -0.3 is 19.5 Å². The van der Waals surface area contributed by atoms with E-state index in [0.29, 0.717) is 13.2 Å². The predicted octanol–water partition coefficient (Wildman–Crippen LogP) is 2.19. The Morgan fingerprint density at radius 2 is 1.68 bits per heavy atom. The molecule has 0 amide bonds. The number of benzene rings is 1. The third-order valence-corrected chi connectivity index (χ3v) is 5.75. The van der Waals surface area contributed by atoms with E-state index in [9.17, 15) is 5.11 Å². The second-order valence-electron chi connectivity index (χ2n) is 7.94. The van der Waals surface area contributed by atoms with Gasteiger partial charge in [0.25, 0.3) is 0 Å². The molecular weight excluding hydrogens is 316 g/mol. The molecule has 1 aromatic rings. The summed E-state index contributed by atoms with van der Waals surface area (Å²) in [4.78, 5) is 4.83. The standard InChI is InChI=1S/C20H30N2O3/c1-16-11-18-19(25-10-9-24-18)12-17(16)13-22-8-4-5-20(23,15-22)14-21-6-2-3-7-21/h11-12,23H,2-10,13-15H2,1H3/t20-/m0/s1. The van der Waals surface area contributed by atoms with E-state index < -0.39 is 5.60 Å². The van der Waals surface area contributed by atoms with Crippen molar-refractivity contribution < 1.29 is 14.6 Å². The Morgan fingerprint density at radius 3 is 2.44 bits per heavy atom. The van der Waals surface area contributed by atoms with E-state index in [-0.39, 0.29) is 0 Å². The number of nitrogens with zero attached hydrogens (tertiary/aromatic N) is 2. The zero-order chi connectivity index (χ0) is 17.3. The molecule has 0 aliphatic carbocycles. The number of fused-ring (bicyclic) bond motifs is 1. The summed E-state index contributed by atoms with van der Waals surface area (Å²) < 4.78 is 11.4. The molecule has 1 N–H and O–H groups in total. The van der Waals surface area contributed by atoms with Crippen LogP contribution in [-0.4, -0.2) is 66.4 Å². The summed E-state index contributed by atoms with van der Waals surface area (Å²) in [5, 5.41) is 11.1. The van der Waals surface area contributed by atoms with E-state index in [1.165, 1.54) is 24.0 Å². The Bertz CT molecular complexity index is 615. The van der Waals surface area contributed by atoms with E-state index in [0.717, 1.165) is 63.6 Å². The fourth-order valence-electron chi connectivity index (χ4n) is 4.47. The summed E-state index contributed by atoms with van der Waals surface area (Å²) in [5.41, 5.74) is 1.94. The van der Waals surface area contributed by atoms with Crippen LogP contribution in [-0.2, 0) is 6.54 Å². The maximum atomic E-state index is 11.1. The van der Waals surface area contributed by atoms with Crippen molar-refractivity contribution in [2.24, 2.45) is 0 Å². The first kappa shape index (κ1) is 17.1. The average molecular weight is 346 g/mol. The highest BCUT2D eigenvalue weighted by Gasteiger charge is 2.35. The van der Waals surface area contributed by atoms with Crippen LogP contribution in [0.2, 0.25) is 0 Å². The number of hydrogen-bond donors (Lipinski definition) is 1. The molecule has 0 spiro atoms. The lowest BCUT2D eigenvalue weighted by Crippen LogP contribution is -2.53. The minimum Gasteiger partial charge on any atom is -0.486 e. The number of piperidine rings is 1. The highest BCUT2D eigenvalue weighted by atomic mass is 16.6. The van der Waals surface area contributed by atoms with Crippen LogP contribution < -0.4 is 9.47 Å². The molecular formula is C20H30N2O3. The molecule has 1 atom stereocenters. The fraction of sp³-hybridized carbons (Fsp3) is 0.700. The number of aliphatic hydroxyl groups is 1. The van der Waals surface area contributed by atoms with Crippen LogP contribution in [0.3, 0.4) is 0 Å². The normalized spacial score (nSPS) is 27.6. The summed E-state index contributed by atoms with van der Waals surface area (Å²) in [7, 11) is 0. The quantitative estimate of drug-likeness (QED) is 0.905. The van der Waals surface area contributed by atoms with E-state index in [2.05, 4.69) is 28.9 Å². The van der Waals surface area contributed by atoms with E-state index >= 15 is 0 Å². The maximum absolute atomic E-state index is 11.1. The Kier molecular flexibility index (Phi) is 4.89. The molecule has 3 heterocycles. The minimum atomic E-state index is -0.565. The number of β-amino-alcohol motifs (C(OH)–C–C–N with tert-alkyl or cyclic N) is 1. The Labute approximate surface area is 150 Å². The first-order valence-corrected chi connectivity index (χ1v) is 9.68. The van der Waals surface area contributed by atoms with Crippen molar-refractivity contribution in [2.75, 3.05) is 45.9 Å². The molecule has 0 radical (unpaired) electrons. The number of hydrogen-bond acceptors (Lipinski definition) is 5. The van der Waals surface area contributed by atoms with Gasteiger partial charge in [-0.2, -0.15) is 0 Å². The molecule has 1 aromatic carbocycles. The lowest BCUT2D eigenvalue weighted by Gasteiger charge is -2.41. The molecule has 25 heavy (non-hydrogen) atoms. The van der Waals surface area contributed by atoms with Gasteiger partial charge >= 0.3 is 0 Å². The minimum absolute atomic E-state index is 0.565. The van der Waals surface area contributed by atoms with Crippen LogP contribution in [0.25, 0.3) is 0 Å². The topological polar surface area (TPSA) is 45.2 Å². The molecule has 0 saturated carbocycles. The van der Waals surface area contributed by atoms with E-state index in [4.69, 9.17) is 9.47 Å². The molecule has 5 nitrogen and oxygen atoms in total. The second kappa shape index (κ2) is 7.14. The van der Waals surface area contributed by atoms with Crippen LogP contribution >= 0.6 is 0 Å². The number of ether oxygens (including phenoxy) is 2. The van der Waals surface area contributed by atoms with Crippen molar-refractivity contribution in [1.29, 1.82) is 0 Å². The zero-order valence-corrected chi connectivity index (χ0v) is 15.3. The molecule has 3 aliphatic rings. The summed E-state index contributed by atoms with van der Waals surface area (Å²) in [6, 6.07) is 4.21. The second-order valence-corrected chi connectivity index (χ2v) is 7.94. The molecule has 4 rings (SSSR count). The molecule has 138 valence electrons. The highest BCUT2D eigenvalue weighted by Crippen LogP contribution is 2.34. The molecule has 2 saturated heterocycles. The van der Waals surface area contributed by atoms with Crippen LogP contribution in [0.1, 0.15) is 36.8 Å². The number of likely N-dealkylation sites (tertiary alicyclic amines) is 2. The van der Waals surface area contributed by atoms with Gasteiger partial charge in [0, 0.05) is 19.6 Å². The lowest BCUT2D eigenvalue weighted by atomic mass is 9.91. The van der Waals surface area contributed by atoms with Crippen LogP contribution in [0, 0.1) is 6.92 Å². The van der Waals surface area contributed by atoms with Gasteiger partial charge in [0.15, 0.2) is 11.5 Å². The lowest BCUT2D eigenvalue weighted by molar-refractivity contribution is -0.0519.